The van der Waals surface area contributed by atoms with Gasteiger partial charge in [0.1, 0.15) is 5.82 Å². The summed E-state index contributed by atoms with van der Waals surface area (Å²) in [5, 5.41) is 7.36. The van der Waals surface area contributed by atoms with Gasteiger partial charge in [-0.1, -0.05) is 6.92 Å². The summed E-state index contributed by atoms with van der Waals surface area (Å²) in [6.07, 6.45) is 2.72. The molecule has 2 heterocycles. The average molecular weight is 307 g/mol. The van der Waals surface area contributed by atoms with E-state index in [1.807, 2.05) is 17.7 Å². The minimum absolute atomic E-state index is 0.0430. The molecule has 0 bridgehead atoms. The summed E-state index contributed by atoms with van der Waals surface area (Å²) in [4.78, 5) is 17.2. The van der Waals surface area contributed by atoms with E-state index in [1.54, 1.807) is 6.20 Å². The van der Waals surface area contributed by atoms with Gasteiger partial charge >= 0.3 is 0 Å². The van der Waals surface area contributed by atoms with Crippen LogP contribution in [0.3, 0.4) is 0 Å². The minimum Gasteiger partial charge on any atom is -0.310 e. The lowest BCUT2D eigenvalue weighted by molar-refractivity contribution is -0.122. The first-order valence-corrected chi connectivity index (χ1v) is 8.22. The summed E-state index contributed by atoms with van der Waals surface area (Å²) in [7, 11) is 2.13. The van der Waals surface area contributed by atoms with E-state index in [-0.39, 0.29) is 18.0 Å². The summed E-state index contributed by atoms with van der Waals surface area (Å²) >= 11 is 0. The summed E-state index contributed by atoms with van der Waals surface area (Å²) in [6, 6.07) is 2.40. The Hall–Kier alpha value is -1.40. The van der Waals surface area contributed by atoms with Crippen LogP contribution in [0.5, 0.6) is 0 Å². The SMILES string of the molecule is CC[C@H](C)n1nccc1NC(=O)[C@H](C)N1CCN(C)C[C@H]1C. The van der Waals surface area contributed by atoms with E-state index in [9.17, 15) is 4.79 Å². The number of rotatable bonds is 5. The van der Waals surface area contributed by atoms with Crippen molar-refractivity contribution >= 4 is 11.7 Å². The fourth-order valence-electron chi connectivity index (χ4n) is 3.05. The molecule has 1 amide bonds. The van der Waals surface area contributed by atoms with Gasteiger partial charge in [-0.05, 0) is 34.2 Å². The molecular formula is C16H29N5O. The van der Waals surface area contributed by atoms with Crippen molar-refractivity contribution in [1.29, 1.82) is 0 Å². The molecule has 3 atom stereocenters. The van der Waals surface area contributed by atoms with Crippen LogP contribution >= 0.6 is 0 Å². The zero-order valence-electron chi connectivity index (χ0n) is 14.4. The Bertz CT molecular complexity index is 500. The highest BCUT2D eigenvalue weighted by Gasteiger charge is 2.29. The van der Waals surface area contributed by atoms with Crippen LogP contribution in [-0.4, -0.2) is 64.3 Å². The molecule has 1 fully saturated rings. The largest absolute Gasteiger partial charge is 0.310 e. The molecular weight excluding hydrogens is 278 g/mol. The molecule has 2 rings (SSSR count). The van der Waals surface area contributed by atoms with E-state index in [4.69, 9.17) is 0 Å². The van der Waals surface area contributed by atoms with Crippen LogP contribution in [0.1, 0.15) is 40.2 Å². The van der Waals surface area contributed by atoms with E-state index in [0.717, 1.165) is 31.9 Å². The molecule has 1 N–H and O–H groups in total. The fourth-order valence-corrected chi connectivity index (χ4v) is 3.05. The van der Waals surface area contributed by atoms with E-state index in [2.05, 4.69) is 48.0 Å². The molecule has 1 saturated heterocycles. The number of nitrogens with one attached hydrogen (secondary N) is 1. The zero-order valence-corrected chi connectivity index (χ0v) is 14.4. The van der Waals surface area contributed by atoms with Gasteiger partial charge in [-0.3, -0.25) is 9.69 Å². The zero-order chi connectivity index (χ0) is 16.3. The number of aromatic nitrogens is 2. The molecule has 0 saturated carbocycles. The average Bonchev–Trinajstić information content (AvgIpc) is 2.94. The molecule has 0 spiro atoms. The van der Waals surface area contributed by atoms with Gasteiger partial charge in [-0.2, -0.15) is 5.10 Å². The van der Waals surface area contributed by atoms with E-state index in [0.29, 0.717) is 6.04 Å². The van der Waals surface area contributed by atoms with Crippen molar-refractivity contribution in [2.24, 2.45) is 0 Å². The number of nitrogens with zero attached hydrogens (tertiary/aromatic N) is 4. The number of likely N-dealkylation sites (N-methyl/N-ethyl adjacent to an activating group) is 1. The maximum Gasteiger partial charge on any atom is 0.242 e. The van der Waals surface area contributed by atoms with E-state index < -0.39 is 0 Å². The minimum atomic E-state index is -0.135. The number of hydrogen-bond acceptors (Lipinski definition) is 4. The summed E-state index contributed by atoms with van der Waals surface area (Å²) < 4.78 is 1.89. The monoisotopic (exact) mass is 307 g/mol. The number of carbonyl (C=O) groups excluding carboxylic acids is 1. The molecule has 22 heavy (non-hydrogen) atoms. The van der Waals surface area contributed by atoms with Gasteiger partial charge < -0.3 is 10.2 Å². The highest BCUT2D eigenvalue weighted by atomic mass is 16.2. The Morgan fingerprint density at radius 2 is 2.18 bits per heavy atom. The van der Waals surface area contributed by atoms with Gasteiger partial charge in [-0.15, -0.1) is 0 Å². The number of anilines is 1. The Morgan fingerprint density at radius 3 is 2.82 bits per heavy atom. The number of hydrogen-bond donors (Lipinski definition) is 1. The lowest BCUT2D eigenvalue weighted by Crippen LogP contribution is -2.56. The summed E-state index contributed by atoms with van der Waals surface area (Å²) in [6.45, 7) is 11.3. The lowest BCUT2D eigenvalue weighted by Gasteiger charge is -2.41. The second-order valence-electron chi connectivity index (χ2n) is 6.43. The summed E-state index contributed by atoms with van der Waals surface area (Å²) in [5.41, 5.74) is 0. The summed E-state index contributed by atoms with van der Waals surface area (Å²) in [5.74, 6) is 0.828. The molecule has 0 unspecified atom stereocenters. The smallest absolute Gasteiger partial charge is 0.242 e. The highest BCUT2D eigenvalue weighted by Crippen LogP contribution is 2.18. The van der Waals surface area contributed by atoms with Crippen molar-refractivity contribution in [3.05, 3.63) is 12.3 Å². The van der Waals surface area contributed by atoms with Crippen molar-refractivity contribution < 1.29 is 4.79 Å². The van der Waals surface area contributed by atoms with Crippen molar-refractivity contribution in [2.75, 3.05) is 32.0 Å². The molecule has 0 aliphatic carbocycles. The molecule has 1 aliphatic rings. The second-order valence-corrected chi connectivity index (χ2v) is 6.43. The van der Waals surface area contributed by atoms with Gasteiger partial charge in [0.15, 0.2) is 0 Å². The van der Waals surface area contributed by atoms with Crippen LogP contribution in [0, 0.1) is 0 Å². The van der Waals surface area contributed by atoms with Crippen LogP contribution in [0.25, 0.3) is 0 Å². The van der Waals surface area contributed by atoms with Gasteiger partial charge in [0, 0.05) is 31.7 Å². The Kier molecular flexibility index (Phi) is 5.58. The number of piperazine rings is 1. The fraction of sp³-hybridized carbons (Fsp3) is 0.750. The van der Waals surface area contributed by atoms with E-state index in [1.165, 1.54) is 0 Å². The number of amides is 1. The van der Waals surface area contributed by atoms with Crippen molar-refractivity contribution in [2.45, 2.75) is 52.2 Å². The maximum absolute atomic E-state index is 12.6. The Morgan fingerprint density at radius 1 is 1.45 bits per heavy atom. The first-order chi connectivity index (χ1) is 10.4. The first kappa shape index (κ1) is 17.0. The molecule has 6 nitrogen and oxygen atoms in total. The van der Waals surface area contributed by atoms with E-state index >= 15 is 0 Å². The van der Waals surface area contributed by atoms with Crippen molar-refractivity contribution in [3.8, 4) is 0 Å². The Labute approximate surface area is 133 Å². The van der Waals surface area contributed by atoms with Crippen molar-refractivity contribution in [3.63, 3.8) is 0 Å². The first-order valence-electron chi connectivity index (χ1n) is 8.22. The quantitative estimate of drug-likeness (QED) is 0.901. The maximum atomic E-state index is 12.6. The van der Waals surface area contributed by atoms with Crippen LogP contribution in [0.15, 0.2) is 12.3 Å². The molecule has 1 aromatic heterocycles. The second kappa shape index (κ2) is 7.24. The molecule has 6 heteroatoms. The normalized spacial score (nSPS) is 23.2. The molecule has 124 valence electrons. The van der Waals surface area contributed by atoms with Crippen molar-refractivity contribution in [1.82, 2.24) is 19.6 Å². The molecule has 0 radical (unpaired) electrons. The van der Waals surface area contributed by atoms with Gasteiger partial charge in [0.05, 0.1) is 18.3 Å². The Balaban J connectivity index is 2.01. The number of carbonyl (C=O) groups is 1. The van der Waals surface area contributed by atoms with Gasteiger partial charge in [0.25, 0.3) is 0 Å². The van der Waals surface area contributed by atoms with Crippen LogP contribution in [-0.2, 0) is 4.79 Å². The highest BCUT2D eigenvalue weighted by molar-refractivity contribution is 5.93. The van der Waals surface area contributed by atoms with Gasteiger partial charge in [0.2, 0.25) is 5.91 Å². The predicted octanol–water partition coefficient (Wildman–Crippen LogP) is 1.82. The molecule has 0 aromatic carbocycles. The molecule has 1 aliphatic heterocycles. The molecule has 1 aromatic rings. The topological polar surface area (TPSA) is 53.4 Å². The van der Waals surface area contributed by atoms with Crippen LogP contribution in [0.2, 0.25) is 0 Å². The van der Waals surface area contributed by atoms with Crippen LogP contribution < -0.4 is 5.32 Å². The third-order valence-corrected chi connectivity index (χ3v) is 4.69. The third kappa shape index (κ3) is 3.67. The predicted molar refractivity (Wildman–Crippen MR) is 89.0 cm³/mol. The lowest BCUT2D eigenvalue weighted by atomic mass is 10.1. The standard InChI is InChI=1S/C16H29N5O/c1-6-12(2)21-15(7-8-17-21)18-16(22)14(4)20-10-9-19(5)11-13(20)3/h7-8,12-14H,6,9-11H2,1-5H3,(H,18,22)/t12-,13+,14-/m0/s1. The van der Waals surface area contributed by atoms with Crippen LogP contribution in [0.4, 0.5) is 5.82 Å². The van der Waals surface area contributed by atoms with Gasteiger partial charge in [-0.25, -0.2) is 4.68 Å². The third-order valence-electron chi connectivity index (χ3n) is 4.69.